The maximum atomic E-state index is 12.9. The van der Waals surface area contributed by atoms with E-state index in [0.717, 1.165) is 31.6 Å². The molecule has 1 atom stereocenters. The Hall–Kier alpha value is -0.560. The number of hydrogen-bond donors (Lipinski definition) is 0. The van der Waals surface area contributed by atoms with Gasteiger partial charge in [0.05, 0.1) is 0 Å². The van der Waals surface area contributed by atoms with Crippen LogP contribution in [0.1, 0.15) is 24.0 Å². The zero-order valence-electron chi connectivity index (χ0n) is 8.10. The molecule has 0 bridgehead atoms. The van der Waals surface area contributed by atoms with Crippen LogP contribution in [0.2, 0.25) is 0 Å². The Morgan fingerprint density at radius 2 is 2.21 bits per heavy atom. The van der Waals surface area contributed by atoms with Gasteiger partial charge >= 0.3 is 0 Å². The predicted octanol–water partition coefficient (Wildman–Crippen LogP) is 3.56. The van der Waals surface area contributed by atoms with Gasteiger partial charge in [0.25, 0.3) is 0 Å². The van der Waals surface area contributed by atoms with Crippen molar-refractivity contribution in [3.63, 3.8) is 0 Å². The zero-order chi connectivity index (χ0) is 9.97. The second-order valence-corrected chi connectivity index (χ2v) is 4.38. The van der Waals surface area contributed by atoms with E-state index in [0.29, 0.717) is 5.92 Å². The Morgan fingerprint density at radius 3 is 3.00 bits per heavy atom. The van der Waals surface area contributed by atoms with Crippen LogP contribution in [0.15, 0.2) is 18.2 Å². The van der Waals surface area contributed by atoms with Crippen LogP contribution in [0.25, 0.3) is 0 Å². The van der Waals surface area contributed by atoms with Crippen molar-refractivity contribution < 1.29 is 4.39 Å². The average Bonchev–Trinajstić information content (AvgIpc) is 2.19. The first-order valence-electron chi connectivity index (χ1n) is 5.13. The molecule has 1 aliphatic carbocycles. The minimum atomic E-state index is -0.112. The summed E-state index contributed by atoms with van der Waals surface area (Å²) in [5.41, 5.74) is 2.50. The summed E-state index contributed by atoms with van der Waals surface area (Å²) in [7, 11) is 0. The lowest BCUT2D eigenvalue weighted by Crippen LogP contribution is -2.14. The van der Waals surface area contributed by atoms with Gasteiger partial charge < -0.3 is 0 Å². The summed E-state index contributed by atoms with van der Waals surface area (Å²) in [6.45, 7) is 0. The van der Waals surface area contributed by atoms with E-state index in [-0.39, 0.29) is 5.82 Å². The van der Waals surface area contributed by atoms with Crippen LogP contribution in [0.3, 0.4) is 0 Å². The third-order valence-corrected chi connectivity index (χ3v) is 3.23. The Bertz CT molecular complexity index is 322. The molecule has 0 heterocycles. The Kier molecular flexibility index (Phi) is 3.07. The van der Waals surface area contributed by atoms with Crippen molar-refractivity contribution in [1.82, 2.24) is 0 Å². The lowest BCUT2D eigenvalue weighted by Gasteiger charge is -2.23. The van der Waals surface area contributed by atoms with Crippen LogP contribution in [0.4, 0.5) is 4.39 Å². The third-order valence-electron chi connectivity index (χ3n) is 3.02. The summed E-state index contributed by atoms with van der Waals surface area (Å²) in [6.07, 6.45) is 4.32. The molecule has 0 fully saturated rings. The zero-order valence-corrected chi connectivity index (χ0v) is 8.86. The van der Waals surface area contributed by atoms with E-state index in [1.165, 1.54) is 11.1 Å². The molecule has 0 N–H and O–H groups in total. The van der Waals surface area contributed by atoms with Gasteiger partial charge in [-0.15, -0.1) is 11.6 Å². The fourth-order valence-electron chi connectivity index (χ4n) is 2.20. The number of alkyl halides is 1. The van der Waals surface area contributed by atoms with Gasteiger partial charge in [0, 0.05) is 5.88 Å². The van der Waals surface area contributed by atoms with Gasteiger partial charge in [-0.1, -0.05) is 6.07 Å². The molecule has 0 radical (unpaired) electrons. The monoisotopic (exact) mass is 212 g/mol. The molecule has 2 heteroatoms. The molecule has 0 saturated heterocycles. The SMILES string of the molecule is Fc1ccc2c(c1)CCC(CCCl)C2. The summed E-state index contributed by atoms with van der Waals surface area (Å²) in [6, 6.07) is 5.15. The molecule has 76 valence electrons. The van der Waals surface area contributed by atoms with Crippen molar-refractivity contribution in [3.8, 4) is 0 Å². The molecule has 1 unspecified atom stereocenters. The number of hydrogen-bond acceptors (Lipinski definition) is 0. The smallest absolute Gasteiger partial charge is 0.123 e. The molecule has 2 rings (SSSR count). The standard InChI is InChI=1S/C12H14ClF/c13-6-5-9-1-2-11-8-12(14)4-3-10(11)7-9/h3-4,8-9H,1-2,5-7H2. The van der Waals surface area contributed by atoms with E-state index in [9.17, 15) is 4.39 Å². The van der Waals surface area contributed by atoms with Crippen molar-refractivity contribution in [2.45, 2.75) is 25.7 Å². The molecule has 0 amide bonds. The highest BCUT2D eigenvalue weighted by Gasteiger charge is 2.18. The topological polar surface area (TPSA) is 0 Å². The van der Waals surface area contributed by atoms with Crippen LogP contribution in [0, 0.1) is 11.7 Å². The van der Waals surface area contributed by atoms with E-state index >= 15 is 0 Å². The molecule has 0 spiro atoms. The highest BCUT2D eigenvalue weighted by molar-refractivity contribution is 6.17. The van der Waals surface area contributed by atoms with Crippen molar-refractivity contribution in [2.75, 3.05) is 5.88 Å². The van der Waals surface area contributed by atoms with Crippen LogP contribution >= 0.6 is 11.6 Å². The fraction of sp³-hybridized carbons (Fsp3) is 0.500. The highest BCUT2D eigenvalue weighted by Crippen LogP contribution is 2.28. The molecule has 0 saturated carbocycles. The molecule has 1 aromatic rings. The Labute approximate surface area is 89.1 Å². The minimum Gasteiger partial charge on any atom is -0.207 e. The van der Waals surface area contributed by atoms with E-state index in [4.69, 9.17) is 11.6 Å². The molecule has 0 nitrogen and oxygen atoms in total. The quantitative estimate of drug-likeness (QED) is 0.658. The van der Waals surface area contributed by atoms with Gasteiger partial charge in [0.1, 0.15) is 5.82 Å². The van der Waals surface area contributed by atoms with Crippen LogP contribution in [-0.2, 0) is 12.8 Å². The molecular weight excluding hydrogens is 199 g/mol. The lowest BCUT2D eigenvalue weighted by molar-refractivity contribution is 0.445. The minimum absolute atomic E-state index is 0.112. The first-order chi connectivity index (χ1) is 6.79. The van der Waals surface area contributed by atoms with E-state index in [1.54, 1.807) is 12.1 Å². The van der Waals surface area contributed by atoms with E-state index in [1.807, 2.05) is 6.07 Å². The summed E-state index contributed by atoms with van der Waals surface area (Å²) < 4.78 is 12.9. The van der Waals surface area contributed by atoms with Crippen LogP contribution in [-0.4, -0.2) is 5.88 Å². The number of halogens is 2. The Balaban J connectivity index is 2.15. The van der Waals surface area contributed by atoms with E-state index < -0.39 is 0 Å². The first kappa shape index (κ1) is 9.97. The maximum Gasteiger partial charge on any atom is 0.123 e. The largest absolute Gasteiger partial charge is 0.207 e. The lowest BCUT2D eigenvalue weighted by atomic mass is 9.82. The van der Waals surface area contributed by atoms with Crippen molar-refractivity contribution in [1.29, 1.82) is 0 Å². The second kappa shape index (κ2) is 4.31. The van der Waals surface area contributed by atoms with Crippen LogP contribution in [0.5, 0.6) is 0 Å². The number of fused-ring (bicyclic) bond motifs is 1. The fourth-order valence-corrected chi connectivity index (χ4v) is 2.51. The van der Waals surface area contributed by atoms with Crippen molar-refractivity contribution in [3.05, 3.63) is 35.1 Å². The van der Waals surface area contributed by atoms with Gasteiger partial charge in [0.2, 0.25) is 0 Å². The highest BCUT2D eigenvalue weighted by atomic mass is 35.5. The molecule has 0 aromatic heterocycles. The van der Waals surface area contributed by atoms with Crippen molar-refractivity contribution in [2.24, 2.45) is 5.92 Å². The molecule has 14 heavy (non-hydrogen) atoms. The number of aryl methyl sites for hydroxylation is 1. The summed E-state index contributed by atoms with van der Waals surface area (Å²) in [4.78, 5) is 0. The molecule has 1 aliphatic rings. The van der Waals surface area contributed by atoms with E-state index in [2.05, 4.69) is 0 Å². The molecular formula is C12H14ClF. The maximum absolute atomic E-state index is 12.9. The number of benzene rings is 1. The predicted molar refractivity (Wildman–Crippen MR) is 57.3 cm³/mol. The van der Waals surface area contributed by atoms with Crippen molar-refractivity contribution >= 4 is 11.6 Å². The third kappa shape index (κ3) is 2.09. The summed E-state index contributed by atoms with van der Waals surface area (Å²) in [5, 5.41) is 0. The summed E-state index contributed by atoms with van der Waals surface area (Å²) in [5.74, 6) is 1.33. The average molecular weight is 213 g/mol. The number of rotatable bonds is 2. The van der Waals surface area contributed by atoms with Gasteiger partial charge in [-0.3, -0.25) is 0 Å². The first-order valence-corrected chi connectivity index (χ1v) is 5.66. The van der Waals surface area contributed by atoms with Gasteiger partial charge in [-0.05, 0) is 54.9 Å². The molecule has 1 aromatic carbocycles. The molecule has 0 aliphatic heterocycles. The Morgan fingerprint density at radius 1 is 1.36 bits per heavy atom. The van der Waals surface area contributed by atoms with Gasteiger partial charge in [0.15, 0.2) is 0 Å². The summed E-state index contributed by atoms with van der Waals surface area (Å²) >= 11 is 5.73. The normalized spacial score (nSPS) is 20.6. The second-order valence-electron chi connectivity index (χ2n) is 4.00. The van der Waals surface area contributed by atoms with Gasteiger partial charge in [-0.2, -0.15) is 0 Å². The van der Waals surface area contributed by atoms with Gasteiger partial charge in [-0.25, -0.2) is 4.39 Å². The van der Waals surface area contributed by atoms with Crippen LogP contribution < -0.4 is 0 Å².